The maximum atomic E-state index is 8.99. The molecule has 11 aromatic rings. The van der Waals surface area contributed by atoms with Gasteiger partial charge in [0, 0.05) is 38.2 Å². The molecule has 0 bridgehead atoms. The fourth-order valence-corrected chi connectivity index (χ4v) is 7.83. The summed E-state index contributed by atoms with van der Waals surface area (Å²) in [6.45, 7) is 0. The second kappa shape index (κ2) is 11.2. The minimum Gasteiger partial charge on any atom is -0.309 e. The Labute approximate surface area is 306 Å². The van der Waals surface area contributed by atoms with Crippen LogP contribution in [0.15, 0.2) is 182 Å². The first-order chi connectivity index (χ1) is 27.9. The second-order valence-electron chi connectivity index (χ2n) is 13.1. The van der Waals surface area contributed by atoms with Crippen LogP contribution in [0.25, 0.3) is 99.3 Å². The highest BCUT2D eigenvalue weighted by Gasteiger charge is 2.19. The maximum Gasteiger partial charge on any atom is 0.235 e. The van der Waals surface area contributed by atoms with Crippen LogP contribution in [0.3, 0.4) is 0 Å². The molecule has 0 aliphatic rings. The molecule has 0 saturated heterocycles. The van der Waals surface area contributed by atoms with Gasteiger partial charge in [-0.05, 0) is 76.5 Å². The molecule has 242 valence electrons. The number of aromatic nitrogens is 4. The summed E-state index contributed by atoms with van der Waals surface area (Å²) in [5.74, 6) is 0.336. The summed E-state index contributed by atoms with van der Waals surface area (Å²) in [6, 6.07) is 50.0. The number of benzene rings is 8. The highest BCUT2D eigenvalue weighted by atomic mass is 15.2. The summed E-state index contributed by atoms with van der Waals surface area (Å²) >= 11 is 0. The van der Waals surface area contributed by atoms with Gasteiger partial charge in [-0.2, -0.15) is 0 Å². The zero-order chi connectivity index (χ0) is 38.5. The molecule has 0 atom stereocenters. The molecule has 0 spiro atoms. The number of hydrogen-bond donors (Lipinski definition) is 0. The lowest BCUT2D eigenvalue weighted by Crippen LogP contribution is -2.03. The van der Waals surface area contributed by atoms with Crippen molar-refractivity contribution in [2.45, 2.75) is 0 Å². The van der Waals surface area contributed by atoms with E-state index in [1.165, 1.54) is 5.39 Å². The zero-order valence-electron chi connectivity index (χ0n) is 32.7. The van der Waals surface area contributed by atoms with Crippen molar-refractivity contribution in [3.63, 3.8) is 0 Å². The molecular weight excluding hydrogens is 633 g/mol. The van der Waals surface area contributed by atoms with Gasteiger partial charge in [-0.15, -0.1) is 0 Å². The van der Waals surface area contributed by atoms with Gasteiger partial charge in [-0.25, -0.2) is 9.97 Å². The summed E-state index contributed by atoms with van der Waals surface area (Å²) < 4.78 is 47.7. The molecule has 0 N–H and O–H groups in total. The Morgan fingerprint density at radius 1 is 0.404 bits per heavy atom. The lowest BCUT2D eigenvalue weighted by molar-refractivity contribution is 1.01. The van der Waals surface area contributed by atoms with Crippen LogP contribution in [-0.2, 0) is 0 Å². The van der Waals surface area contributed by atoms with Crippen LogP contribution in [0.4, 0.5) is 0 Å². The van der Waals surface area contributed by atoms with Crippen molar-refractivity contribution in [2.75, 3.05) is 0 Å². The first-order valence-corrected chi connectivity index (χ1v) is 17.3. The minimum atomic E-state index is -0.452. The lowest BCUT2D eigenvalue weighted by atomic mass is 10.00. The molecule has 8 aromatic carbocycles. The molecule has 52 heavy (non-hydrogen) atoms. The second-order valence-corrected chi connectivity index (χ2v) is 13.1. The first-order valence-electron chi connectivity index (χ1n) is 19.8. The van der Waals surface area contributed by atoms with E-state index in [-0.39, 0.29) is 23.3 Å². The summed E-state index contributed by atoms with van der Waals surface area (Å²) in [6.07, 6.45) is 0. The molecule has 3 aromatic heterocycles. The molecule has 0 aliphatic carbocycles. The Balaban J connectivity index is 1.21. The summed E-state index contributed by atoms with van der Waals surface area (Å²) in [5, 5.41) is 7.13. The van der Waals surface area contributed by atoms with Crippen LogP contribution in [-0.4, -0.2) is 19.1 Å². The molecule has 11 rings (SSSR count). The molecule has 0 saturated carbocycles. The van der Waals surface area contributed by atoms with Crippen LogP contribution in [0.1, 0.15) is 6.85 Å². The van der Waals surface area contributed by atoms with Crippen molar-refractivity contribution in [1.82, 2.24) is 19.1 Å². The summed E-state index contributed by atoms with van der Waals surface area (Å²) in [5.41, 5.74) is 7.83. The number of rotatable bonds is 4. The van der Waals surface area contributed by atoms with E-state index in [1.54, 1.807) is 0 Å². The fraction of sp³-hybridized carbons (Fsp3) is 0. The first kappa shape index (κ1) is 24.2. The van der Waals surface area contributed by atoms with Crippen molar-refractivity contribution >= 4 is 65.3 Å². The lowest BCUT2D eigenvalue weighted by Gasteiger charge is -2.13. The molecule has 0 aliphatic heterocycles. The Bertz CT molecular complexity index is 3450. The van der Waals surface area contributed by atoms with Crippen LogP contribution in [0, 0.1) is 0 Å². The minimum absolute atomic E-state index is 0.0300. The predicted molar refractivity (Wildman–Crippen MR) is 217 cm³/mol. The number of hydrogen-bond acceptors (Lipinski definition) is 2. The largest absolute Gasteiger partial charge is 0.309 e. The number of nitrogens with zero attached hydrogens (tertiary/aromatic N) is 4. The molecule has 4 heteroatoms. The van der Waals surface area contributed by atoms with E-state index < -0.39 is 18.1 Å². The summed E-state index contributed by atoms with van der Waals surface area (Å²) in [7, 11) is 0. The van der Waals surface area contributed by atoms with E-state index >= 15 is 0 Å². The third-order valence-electron chi connectivity index (χ3n) is 10.2. The Kier molecular flexibility index (Phi) is 5.22. The van der Waals surface area contributed by atoms with Gasteiger partial charge in [0.25, 0.3) is 0 Å². The zero-order valence-corrected chi connectivity index (χ0v) is 27.7. The molecule has 3 heterocycles. The van der Waals surface area contributed by atoms with Crippen molar-refractivity contribution in [3.05, 3.63) is 182 Å². The Hall–Kier alpha value is -7.04. The topological polar surface area (TPSA) is 35.6 Å². The van der Waals surface area contributed by atoms with Crippen molar-refractivity contribution in [1.29, 1.82) is 0 Å². The van der Waals surface area contributed by atoms with Gasteiger partial charge in [0.15, 0.2) is 0 Å². The van der Waals surface area contributed by atoms with Crippen LogP contribution in [0.2, 0.25) is 0 Å². The van der Waals surface area contributed by atoms with Gasteiger partial charge < -0.3 is 4.57 Å². The fourth-order valence-electron chi connectivity index (χ4n) is 7.83. The normalized spacial score (nSPS) is 13.2. The monoisotopic (exact) mass is 667 g/mol. The quantitative estimate of drug-likeness (QED) is 0.187. The maximum absolute atomic E-state index is 8.99. The standard InChI is InChI=1S/C48H30N4/c1-3-13-31(14-4-1)47-40-26-24-34(35-23-25-39-37-19-9-11-21-43(37)51(45(39)30-35)36-17-5-2-6-18-36)28-42(40)49-48(50-47)52-44-22-12-10-20-38(44)41-27-32-15-7-8-16-33(32)29-46(41)52/h1-30H/i1D,3D,4D,13D,14D. The molecule has 0 amide bonds. The smallest absolute Gasteiger partial charge is 0.235 e. The molecule has 0 fully saturated rings. The van der Waals surface area contributed by atoms with Gasteiger partial charge in [-0.3, -0.25) is 4.57 Å². The average molecular weight is 668 g/mol. The van der Waals surface area contributed by atoms with E-state index in [0.717, 1.165) is 65.8 Å². The van der Waals surface area contributed by atoms with Gasteiger partial charge in [0.05, 0.1) is 40.1 Å². The van der Waals surface area contributed by atoms with Crippen LogP contribution >= 0.6 is 0 Å². The SMILES string of the molecule is [2H]c1c([2H])c([2H])c(-c2nc(-n3c4ccccc4c4cc5ccccc5cc43)nc3cc(-c4ccc5c6ccccc6n(-c6ccccc6)c5c4)ccc23)c([2H])c1[2H]. The predicted octanol–water partition coefficient (Wildman–Crippen LogP) is 12.3. The third kappa shape index (κ3) is 4.34. The highest BCUT2D eigenvalue weighted by molar-refractivity contribution is 6.14. The van der Waals surface area contributed by atoms with E-state index in [4.69, 9.17) is 16.8 Å². The molecule has 0 radical (unpaired) electrons. The molecule has 0 unspecified atom stereocenters. The number of fused-ring (bicyclic) bond motifs is 8. The van der Waals surface area contributed by atoms with Gasteiger partial charge in [-0.1, -0.05) is 127 Å². The number of para-hydroxylation sites is 3. The Morgan fingerprint density at radius 2 is 1.00 bits per heavy atom. The molecular formula is C48H30N4. The molecule has 4 nitrogen and oxygen atoms in total. The van der Waals surface area contributed by atoms with E-state index in [1.807, 2.05) is 71.3 Å². The van der Waals surface area contributed by atoms with E-state index in [0.29, 0.717) is 16.9 Å². The van der Waals surface area contributed by atoms with Gasteiger partial charge in [0.2, 0.25) is 5.95 Å². The van der Waals surface area contributed by atoms with E-state index in [2.05, 4.69) is 89.5 Å². The van der Waals surface area contributed by atoms with Crippen molar-refractivity contribution in [3.8, 4) is 34.0 Å². The van der Waals surface area contributed by atoms with Crippen LogP contribution in [0.5, 0.6) is 0 Å². The highest BCUT2D eigenvalue weighted by Crippen LogP contribution is 2.38. The van der Waals surface area contributed by atoms with Gasteiger partial charge in [0.1, 0.15) is 0 Å². The van der Waals surface area contributed by atoms with Crippen LogP contribution < -0.4 is 0 Å². The Morgan fingerprint density at radius 3 is 1.79 bits per heavy atom. The van der Waals surface area contributed by atoms with E-state index in [9.17, 15) is 0 Å². The van der Waals surface area contributed by atoms with Crippen molar-refractivity contribution < 1.29 is 6.85 Å². The summed E-state index contributed by atoms with van der Waals surface area (Å²) in [4.78, 5) is 10.4. The average Bonchev–Trinajstić information content (AvgIpc) is 3.76. The third-order valence-corrected chi connectivity index (χ3v) is 10.2. The van der Waals surface area contributed by atoms with Crippen molar-refractivity contribution in [2.24, 2.45) is 0 Å². The van der Waals surface area contributed by atoms with Gasteiger partial charge >= 0.3 is 0 Å².